The van der Waals surface area contributed by atoms with Crippen molar-refractivity contribution in [2.75, 3.05) is 19.3 Å². The van der Waals surface area contributed by atoms with Crippen LogP contribution < -0.4 is 5.32 Å². The predicted molar refractivity (Wildman–Crippen MR) is 80.7 cm³/mol. The van der Waals surface area contributed by atoms with Gasteiger partial charge in [-0.15, -0.1) is 0 Å². The minimum atomic E-state index is -3.65. The second kappa shape index (κ2) is 5.55. The number of nitrogens with one attached hydrogen (secondary N) is 1. The van der Waals surface area contributed by atoms with Crippen LogP contribution in [0.5, 0.6) is 0 Å². The van der Waals surface area contributed by atoms with Gasteiger partial charge in [0.05, 0.1) is 0 Å². The Hall–Kier alpha value is -1.03. The number of rotatable bonds is 5. The van der Waals surface area contributed by atoms with Gasteiger partial charge >= 0.3 is 0 Å². The lowest BCUT2D eigenvalue weighted by Crippen LogP contribution is -2.43. The maximum absolute atomic E-state index is 12.9. The molecule has 1 aliphatic heterocycles. The quantitative estimate of drug-likeness (QED) is 0.807. The Labute approximate surface area is 130 Å². The average Bonchev–Trinajstić information content (AvgIpc) is 3.12. The molecule has 1 aromatic heterocycles. The minimum Gasteiger partial charge on any atom is -0.315 e. The SMILES string of the molecule is CS(=O)(=O)c1ccc(S(=O)(=O)N(C2CC2)C2CCNC2)cn1. The molecule has 0 radical (unpaired) electrons. The molecule has 1 saturated heterocycles. The van der Waals surface area contributed by atoms with Gasteiger partial charge < -0.3 is 5.32 Å². The Morgan fingerprint density at radius 1 is 1.14 bits per heavy atom. The summed E-state index contributed by atoms with van der Waals surface area (Å²) in [6.07, 6.45) is 4.74. The van der Waals surface area contributed by atoms with Gasteiger partial charge in [-0.05, 0) is 37.9 Å². The molecule has 2 aliphatic rings. The van der Waals surface area contributed by atoms with E-state index in [-0.39, 0.29) is 22.0 Å². The van der Waals surface area contributed by atoms with E-state index in [1.807, 2.05) is 0 Å². The van der Waals surface area contributed by atoms with Crippen LogP contribution in [0.3, 0.4) is 0 Å². The summed E-state index contributed by atoms with van der Waals surface area (Å²) < 4.78 is 50.2. The number of pyridine rings is 1. The lowest BCUT2D eigenvalue weighted by molar-refractivity contribution is 0.327. The van der Waals surface area contributed by atoms with Gasteiger partial charge in [0.2, 0.25) is 10.0 Å². The Morgan fingerprint density at radius 2 is 1.86 bits per heavy atom. The first kappa shape index (κ1) is 15.9. The van der Waals surface area contributed by atoms with E-state index in [1.165, 1.54) is 12.1 Å². The zero-order chi connectivity index (χ0) is 16.0. The van der Waals surface area contributed by atoms with E-state index in [9.17, 15) is 16.8 Å². The molecule has 9 heteroatoms. The summed E-state index contributed by atoms with van der Waals surface area (Å²) >= 11 is 0. The second-order valence-corrected chi connectivity index (χ2v) is 9.62. The first-order valence-corrected chi connectivity index (χ1v) is 10.5. The summed E-state index contributed by atoms with van der Waals surface area (Å²) in [4.78, 5) is 3.85. The minimum absolute atomic E-state index is 0.0351. The van der Waals surface area contributed by atoms with Crippen LogP contribution in [0.2, 0.25) is 0 Å². The van der Waals surface area contributed by atoms with E-state index < -0.39 is 19.9 Å². The highest BCUT2D eigenvalue weighted by Gasteiger charge is 2.43. The fraction of sp³-hybridized carbons (Fsp3) is 0.615. The van der Waals surface area contributed by atoms with Crippen molar-refractivity contribution in [2.24, 2.45) is 0 Å². The third-order valence-corrected chi connectivity index (χ3v) is 6.96. The average molecular weight is 345 g/mol. The molecule has 1 aliphatic carbocycles. The zero-order valence-corrected chi connectivity index (χ0v) is 13.9. The smallest absolute Gasteiger partial charge is 0.245 e. The van der Waals surface area contributed by atoms with E-state index in [1.54, 1.807) is 4.31 Å². The number of hydrogen-bond acceptors (Lipinski definition) is 6. The van der Waals surface area contributed by atoms with Crippen molar-refractivity contribution >= 4 is 19.9 Å². The lowest BCUT2D eigenvalue weighted by Gasteiger charge is -2.27. The third kappa shape index (κ3) is 3.03. The van der Waals surface area contributed by atoms with E-state index in [2.05, 4.69) is 10.3 Å². The lowest BCUT2D eigenvalue weighted by atomic mass is 10.2. The third-order valence-electron chi connectivity index (χ3n) is 3.97. The summed E-state index contributed by atoms with van der Waals surface area (Å²) in [7, 11) is -7.08. The number of aromatic nitrogens is 1. The van der Waals surface area contributed by atoms with Crippen LogP contribution >= 0.6 is 0 Å². The molecule has 7 nitrogen and oxygen atoms in total. The normalized spacial score (nSPS) is 23.1. The highest BCUT2D eigenvalue weighted by Crippen LogP contribution is 2.35. The van der Waals surface area contributed by atoms with Gasteiger partial charge in [0.15, 0.2) is 14.9 Å². The molecular weight excluding hydrogens is 326 g/mol. The van der Waals surface area contributed by atoms with Crippen LogP contribution in [-0.4, -0.2) is 57.6 Å². The van der Waals surface area contributed by atoms with Crippen LogP contribution in [0, 0.1) is 0 Å². The molecular formula is C13H19N3O4S2. The number of nitrogens with zero attached hydrogens (tertiary/aromatic N) is 2. The molecule has 3 rings (SSSR count). The van der Waals surface area contributed by atoms with E-state index in [0.29, 0.717) is 6.54 Å². The second-order valence-electron chi connectivity index (χ2n) is 5.82. The maximum Gasteiger partial charge on any atom is 0.245 e. The largest absolute Gasteiger partial charge is 0.315 e. The van der Waals surface area contributed by atoms with Crippen molar-refractivity contribution in [2.45, 2.75) is 41.3 Å². The van der Waals surface area contributed by atoms with Crippen molar-refractivity contribution < 1.29 is 16.8 Å². The van der Waals surface area contributed by atoms with E-state index >= 15 is 0 Å². The molecule has 1 saturated carbocycles. The molecule has 0 aromatic carbocycles. The van der Waals surface area contributed by atoms with E-state index in [4.69, 9.17) is 0 Å². The monoisotopic (exact) mass is 345 g/mol. The molecule has 2 heterocycles. The van der Waals surface area contributed by atoms with Crippen LogP contribution in [0.25, 0.3) is 0 Å². The zero-order valence-electron chi connectivity index (χ0n) is 12.3. The topological polar surface area (TPSA) is 96.4 Å². The van der Waals surface area contributed by atoms with Crippen LogP contribution in [0.4, 0.5) is 0 Å². The Kier molecular flexibility index (Phi) is 4.00. The van der Waals surface area contributed by atoms with E-state index in [0.717, 1.165) is 38.3 Å². The van der Waals surface area contributed by atoms with Crippen molar-refractivity contribution in [1.82, 2.24) is 14.6 Å². The Balaban J connectivity index is 1.93. The fourth-order valence-corrected chi connectivity index (χ4v) is 5.14. The summed E-state index contributed by atoms with van der Waals surface area (Å²) in [5.74, 6) is 0. The van der Waals surface area contributed by atoms with Crippen LogP contribution in [-0.2, 0) is 19.9 Å². The number of sulfonamides is 1. The van der Waals surface area contributed by atoms with Gasteiger partial charge in [-0.1, -0.05) is 0 Å². The number of hydrogen-bond donors (Lipinski definition) is 1. The van der Waals surface area contributed by atoms with Crippen molar-refractivity contribution in [3.05, 3.63) is 18.3 Å². The molecule has 0 bridgehead atoms. The summed E-state index contributed by atoms with van der Waals surface area (Å²) in [5.41, 5.74) is 0. The van der Waals surface area contributed by atoms with Crippen molar-refractivity contribution in [1.29, 1.82) is 0 Å². The van der Waals surface area contributed by atoms with Gasteiger partial charge in [0.25, 0.3) is 0 Å². The summed E-state index contributed by atoms with van der Waals surface area (Å²) in [6, 6.07) is 2.60. The molecule has 1 aromatic rings. The molecule has 1 unspecified atom stereocenters. The Morgan fingerprint density at radius 3 is 2.32 bits per heavy atom. The van der Waals surface area contributed by atoms with Gasteiger partial charge in [-0.2, -0.15) is 4.31 Å². The molecule has 0 spiro atoms. The fourth-order valence-electron chi connectivity index (χ4n) is 2.74. The van der Waals surface area contributed by atoms with Crippen molar-refractivity contribution in [3.8, 4) is 0 Å². The Bertz CT molecular complexity index is 749. The molecule has 0 amide bonds. The summed E-state index contributed by atoms with van der Waals surface area (Å²) in [5, 5.41) is 3.07. The molecule has 2 fully saturated rings. The number of sulfone groups is 1. The first-order chi connectivity index (χ1) is 10.3. The standard InChI is InChI=1S/C13H19N3O4S2/c1-21(17,18)13-5-4-12(9-15-13)22(19,20)16(10-2-3-10)11-6-7-14-8-11/h4-5,9-11,14H,2-3,6-8H2,1H3. The first-order valence-electron chi connectivity index (χ1n) is 7.20. The van der Waals surface area contributed by atoms with Gasteiger partial charge in [0, 0.05) is 31.1 Å². The molecule has 1 N–H and O–H groups in total. The molecule has 1 atom stereocenters. The maximum atomic E-state index is 12.9. The van der Waals surface area contributed by atoms with Crippen molar-refractivity contribution in [3.63, 3.8) is 0 Å². The predicted octanol–water partition coefficient (Wildman–Crippen LogP) is 0.000100. The highest BCUT2D eigenvalue weighted by atomic mass is 32.2. The van der Waals surface area contributed by atoms with Crippen LogP contribution in [0.15, 0.2) is 28.3 Å². The van der Waals surface area contributed by atoms with Gasteiger partial charge in [-0.3, -0.25) is 0 Å². The highest BCUT2D eigenvalue weighted by molar-refractivity contribution is 7.90. The van der Waals surface area contributed by atoms with Gasteiger partial charge in [-0.25, -0.2) is 21.8 Å². The summed E-state index contributed by atoms with van der Waals surface area (Å²) in [6.45, 7) is 1.47. The molecule has 22 heavy (non-hydrogen) atoms. The van der Waals surface area contributed by atoms with Gasteiger partial charge in [0.1, 0.15) is 4.90 Å². The van der Waals surface area contributed by atoms with Crippen LogP contribution in [0.1, 0.15) is 19.3 Å². The molecule has 122 valence electrons.